The molecule has 0 N–H and O–H groups in total. The van der Waals surface area contributed by atoms with E-state index < -0.39 is 0 Å². The maximum Gasteiger partial charge on any atom is 0.313 e. The third-order valence-electron chi connectivity index (χ3n) is 7.45. The average Bonchev–Trinajstić information content (AvgIpc) is 2.87. The molecule has 0 aliphatic carbocycles. The van der Waals surface area contributed by atoms with E-state index >= 15 is 0 Å². The van der Waals surface area contributed by atoms with Crippen molar-refractivity contribution in [2.75, 3.05) is 0 Å². The Morgan fingerprint density at radius 1 is 0.333 bits per heavy atom. The van der Waals surface area contributed by atoms with Crippen LogP contribution in [0.1, 0.15) is 200 Å². The summed E-state index contributed by atoms with van der Waals surface area (Å²) in [6.45, 7) is 4.54. The van der Waals surface area contributed by atoms with E-state index in [2.05, 4.69) is 13.8 Å². The van der Waals surface area contributed by atoms with Gasteiger partial charge in [0.1, 0.15) is 0 Å². The van der Waals surface area contributed by atoms with Crippen LogP contribution in [-0.4, -0.2) is 11.9 Å². The molecule has 0 saturated carbocycles. The van der Waals surface area contributed by atoms with Gasteiger partial charge < -0.3 is 4.74 Å². The highest BCUT2D eigenvalue weighted by Crippen LogP contribution is 2.15. The third kappa shape index (κ3) is 29.4. The Bertz CT molecular complexity index is 460. The predicted molar refractivity (Wildman–Crippen MR) is 156 cm³/mol. The van der Waals surface area contributed by atoms with Crippen LogP contribution >= 0.6 is 0 Å². The van der Waals surface area contributed by atoms with Crippen LogP contribution in [0.25, 0.3) is 0 Å². The van der Waals surface area contributed by atoms with Crippen LogP contribution in [0, 0.1) is 0 Å². The van der Waals surface area contributed by atoms with Gasteiger partial charge in [0.2, 0.25) is 0 Å². The third-order valence-corrected chi connectivity index (χ3v) is 7.45. The molecule has 0 aromatic rings. The summed E-state index contributed by atoms with van der Waals surface area (Å²) in [6, 6.07) is 0. The van der Waals surface area contributed by atoms with Gasteiger partial charge >= 0.3 is 11.9 Å². The second-order valence-electron chi connectivity index (χ2n) is 11.2. The lowest BCUT2D eigenvalue weighted by Gasteiger charge is -2.05. The highest BCUT2D eigenvalue weighted by molar-refractivity contribution is 5.85. The van der Waals surface area contributed by atoms with Gasteiger partial charge in [-0.25, -0.2) is 0 Å². The summed E-state index contributed by atoms with van der Waals surface area (Å²) in [5, 5.41) is 0. The summed E-state index contributed by atoms with van der Waals surface area (Å²) in [6.07, 6.45) is 35.7. The molecule has 0 spiro atoms. The molecule has 214 valence electrons. The van der Waals surface area contributed by atoms with Gasteiger partial charge in [0.05, 0.1) is 0 Å². The topological polar surface area (TPSA) is 43.4 Å². The molecule has 0 bridgehead atoms. The van der Waals surface area contributed by atoms with Crippen molar-refractivity contribution in [1.82, 2.24) is 0 Å². The van der Waals surface area contributed by atoms with E-state index in [0.717, 1.165) is 25.7 Å². The van der Waals surface area contributed by atoms with Crippen LogP contribution in [0.5, 0.6) is 0 Å². The Labute approximate surface area is 226 Å². The van der Waals surface area contributed by atoms with Crippen LogP contribution in [0.4, 0.5) is 0 Å². The molecule has 0 aliphatic rings. The second-order valence-corrected chi connectivity index (χ2v) is 11.2. The minimum absolute atomic E-state index is 0.325. The van der Waals surface area contributed by atoms with Crippen LogP contribution < -0.4 is 0 Å². The average molecular weight is 509 g/mol. The van der Waals surface area contributed by atoms with E-state index in [-0.39, 0.29) is 11.9 Å². The molecule has 0 aliphatic heterocycles. The van der Waals surface area contributed by atoms with E-state index in [0.29, 0.717) is 12.8 Å². The Hall–Kier alpha value is -0.860. The minimum Gasteiger partial charge on any atom is -0.393 e. The first-order valence-corrected chi connectivity index (χ1v) is 16.4. The number of carbonyl (C=O) groups excluding carboxylic acids is 2. The van der Waals surface area contributed by atoms with Crippen molar-refractivity contribution >= 4 is 11.9 Å². The lowest BCUT2D eigenvalue weighted by molar-refractivity contribution is -0.159. The molecule has 0 atom stereocenters. The molecule has 0 aromatic carbocycles. The van der Waals surface area contributed by atoms with Gasteiger partial charge in [0, 0.05) is 12.8 Å². The number of ether oxygens (including phenoxy) is 1. The smallest absolute Gasteiger partial charge is 0.313 e. The van der Waals surface area contributed by atoms with E-state index in [1.165, 1.54) is 148 Å². The molecular formula is C33H64O3. The van der Waals surface area contributed by atoms with Crippen LogP contribution in [-0.2, 0) is 14.3 Å². The zero-order valence-electron chi connectivity index (χ0n) is 24.7. The Morgan fingerprint density at radius 3 is 0.750 bits per heavy atom. The quantitative estimate of drug-likeness (QED) is 0.0573. The van der Waals surface area contributed by atoms with Gasteiger partial charge in [0.15, 0.2) is 0 Å². The monoisotopic (exact) mass is 508 g/mol. The molecule has 0 saturated heterocycles. The Morgan fingerprint density at radius 2 is 0.528 bits per heavy atom. The van der Waals surface area contributed by atoms with Crippen LogP contribution in [0.2, 0.25) is 0 Å². The van der Waals surface area contributed by atoms with Gasteiger partial charge in [-0.05, 0) is 12.8 Å². The van der Waals surface area contributed by atoms with Crippen molar-refractivity contribution in [2.45, 2.75) is 200 Å². The Balaban J connectivity index is 3.28. The van der Waals surface area contributed by atoms with Crippen LogP contribution in [0.3, 0.4) is 0 Å². The highest BCUT2D eigenvalue weighted by Gasteiger charge is 2.09. The second kappa shape index (κ2) is 30.4. The van der Waals surface area contributed by atoms with Crippen molar-refractivity contribution in [3.63, 3.8) is 0 Å². The maximum absolute atomic E-state index is 11.9. The molecular weight excluding hydrogens is 444 g/mol. The molecule has 0 aromatic heterocycles. The fraction of sp³-hybridized carbons (Fsp3) is 0.939. The summed E-state index contributed by atoms with van der Waals surface area (Å²) in [4.78, 5) is 23.7. The normalized spacial score (nSPS) is 11.2. The van der Waals surface area contributed by atoms with E-state index in [9.17, 15) is 9.59 Å². The summed E-state index contributed by atoms with van der Waals surface area (Å²) >= 11 is 0. The van der Waals surface area contributed by atoms with Crippen molar-refractivity contribution in [3.05, 3.63) is 0 Å². The van der Waals surface area contributed by atoms with Gasteiger partial charge in [-0.1, -0.05) is 174 Å². The fourth-order valence-electron chi connectivity index (χ4n) is 4.98. The predicted octanol–water partition coefficient (Wildman–Crippen LogP) is 11.4. The zero-order chi connectivity index (χ0) is 26.4. The molecule has 3 heteroatoms. The molecule has 0 radical (unpaired) electrons. The fourth-order valence-corrected chi connectivity index (χ4v) is 4.98. The standard InChI is InChI=1S/C33H64O3/c1-3-5-7-9-11-13-15-17-18-19-21-23-25-27-29-31-33(35)36-32(34)30-28-26-24-22-20-16-14-12-10-8-6-4-2/h3-31H2,1-2H3. The SMILES string of the molecule is CCCCCCCCCCCCCCCCCC(=O)OC(=O)CCCCCCCCCCCCCC. The van der Waals surface area contributed by atoms with Gasteiger partial charge in [-0.3, -0.25) is 9.59 Å². The molecule has 0 heterocycles. The molecule has 36 heavy (non-hydrogen) atoms. The number of carbonyl (C=O) groups is 2. The number of rotatable bonds is 29. The first kappa shape index (κ1) is 35.1. The van der Waals surface area contributed by atoms with Crippen molar-refractivity contribution in [3.8, 4) is 0 Å². The van der Waals surface area contributed by atoms with E-state index in [1.54, 1.807) is 0 Å². The van der Waals surface area contributed by atoms with Gasteiger partial charge in [-0.2, -0.15) is 0 Å². The number of hydrogen-bond acceptors (Lipinski definition) is 3. The lowest BCUT2D eigenvalue weighted by atomic mass is 10.0. The van der Waals surface area contributed by atoms with Crippen molar-refractivity contribution in [1.29, 1.82) is 0 Å². The molecule has 3 nitrogen and oxygen atoms in total. The summed E-state index contributed by atoms with van der Waals surface area (Å²) in [5.74, 6) is -0.651. The zero-order valence-corrected chi connectivity index (χ0v) is 24.7. The number of unbranched alkanes of at least 4 members (excludes halogenated alkanes) is 25. The number of hydrogen-bond donors (Lipinski definition) is 0. The summed E-state index contributed by atoms with van der Waals surface area (Å²) in [5.41, 5.74) is 0. The largest absolute Gasteiger partial charge is 0.393 e. The first-order chi connectivity index (χ1) is 17.7. The minimum atomic E-state index is -0.326. The molecule has 0 unspecified atom stereocenters. The van der Waals surface area contributed by atoms with E-state index in [1.807, 2.05) is 0 Å². The highest BCUT2D eigenvalue weighted by atomic mass is 16.6. The van der Waals surface area contributed by atoms with Gasteiger partial charge in [0.25, 0.3) is 0 Å². The molecule has 0 fully saturated rings. The lowest BCUT2D eigenvalue weighted by Crippen LogP contribution is -2.11. The maximum atomic E-state index is 11.9. The van der Waals surface area contributed by atoms with E-state index in [4.69, 9.17) is 4.74 Å². The van der Waals surface area contributed by atoms with Crippen LogP contribution in [0.15, 0.2) is 0 Å². The summed E-state index contributed by atoms with van der Waals surface area (Å²) in [7, 11) is 0. The number of esters is 2. The van der Waals surface area contributed by atoms with Gasteiger partial charge in [-0.15, -0.1) is 0 Å². The summed E-state index contributed by atoms with van der Waals surface area (Å²) < 4.78 is 4.99. The molecule has 0 rings (SSSR count). The Kier molecular flexibility index (Phi) is 29.6. The van der Waals surface area contributed by atoms with Crippen molar-refractivity contribution in [2.24, 2.45) is 0 Å². The van der Waals surface area contributed by atoms with Crippen molar-refractivity contribution < 1.29 is 14.3 Å². The first-order valence-electron chi connectivity index (χ1n) is 16.4. The molecule has 0 amide bonds.